The van der Waals surface area contributed by atoms with E-state index in [1.807, 2.05) is 24.3 Å². The fourth-order valence-electron chi connectivity index (χ4n) is 2.99. The van der Waals surface area contributed by atoms with Crippen molar-refractivity contribution in [2.24, 2.45) is 0 Å². The zero-order valence-electron chi connectivity index (χ0n) is 16.1. The number of benzene rings is 2. The van der Waals surface area contributed by atoms with Gasteiger partial charge in [0.1, 0.15) is 17.6 Å². The van der Waals surface area contributed by atoms with Crippen LogP contribution in [0.15, 0.2) is 66.0 Å². The van der Waals surface area contributed by atoms with Crippen LogP contribution in [0, 0.1) is 11.3 Å². The average Bonchev–Trinajstić information content (AvgIpc) is 3.23. The molecule has 0 radical (unpaired) electrons. The molecule has 4 nitrogen and oxygen atoms in total. The number of carbonyl (C=O) groups excluding carboxylic acids is 1. The predicted molar refractivity (Wildman–Crippen MR) is 110 cm³/mol. The zero-order chi connectivity index (χ0) is 21.5. The van der Waals surface area contributed by atoms with Crippen LogP contribution in [0.5, 0.6) is 11.5 Å². The van der Waals surface area contributed by atoms with E-state index in [0.717, 1.165) is 11.3 Å². The lowest BCUT2D eigenvalue weighted by atomic mass is 10.0. The maximum atomic E-state index is 13.2. The minimum atomic E-state index is -2.67. The number of ether oxygens (including phenoxy) is 2. The van der Waals surface area contributed by atoms with Gasteiger partial charge in [0.05, 0.1) is 5.92 Å². The van der Waals surface area contributed by atoms with Gasteiger partial charge in [-0.05, 0) is 42.1 Å². The third kappa shape index (κ3) is 5.02. The van der Waals surface area contributed by atoms with Crippen molar-refractivity contribution in [3.63, 3.8) is 0 Å². The van der Waals surface area contributed by atoms with Crippen molar-refractivity contribution >= 4 is 17.3 Å². The molecule has 154 valence electrons. The van der Waals surface area contributed by atoms with E-state index in [-0.39, 0.29) is 16.9 Å². The van der Waals surface area contributed by atoms with Gasteiger partial charge in [-0.1, -0.05) is 37.3 Å². The second-order valence-electron chi connectivity index (χ2n) is 6.44. The van der Waals surface area contributed by atoms with Crippen LogP contribution in [0.25, 0.3) is 0 Å². The number of alkyl halides is 2. The zero-order valence-corrected chi connectivity index (χ0v) is 16.9. The molecule has 2 atom stereocenters. The SMILES string of the molecule is CCC(C(=O)OC(C#N)c1cccc(Oc2ccccc2)c1)c1sccc1C(F)F. The summed E-state index contributed by atoms with van der Waals surface area (Å²) in [6.45, 7) is 1.72. The van der Waals surface area contributed by atoms with Gasteiger partial charge in [0, 0.05) is 16.0 Å². The molecule has 0 saturated heterocycles. The highest BCUT2D eigenvalue weighted by Crippen LogP contribution is 2.36. The molecule has 0 aliphatic heterocycles. The molecule has 0 fully saturated rings. The van der Waals surface area contributed by atoms with E-state index in [2.05, 4.69) is 0 Å². The van der Waals surface area contributed by atoms with Crippen LogP contribution in [0.1, 0.15) is 47.8 Å². The Morgan fingerprint density at radius 2 is 1.83 bits per heavy atom. The highest BCUT2D eigenvalue weighted by atomic mass is 32.1. The number of carbonyl (C=O) groups is 1. The van der Waals surface area contributed by atoms with E-state index in [1.165, 1.54) is 11.4 Å². The number of hydrogen-bond donors (Lipinski definition) is 0. The van der Waals surface area contributed by atoms with E-state index in [0.29, 0.717) is 17.1 Å². The summed E-state index contributed by atoms with van der Waals surface area (Å²) in [5, 5.41) is 11.1. The Kier molecular flexibility index (Phi) is 7.15. The molecule has 7 heteroatoms. The smallest absolute Gasteiger partial charge is 0.315 e. The van der Waals surface area contributed by atoms with E-state index >= 15 is 0 Å². The number of thiophene rings is 1. The standard InChI is InChI=1S/C23H19F2NO3S/c1-2-18(21-19(22(24)25)11-12-30-21)23(27)29-20(14-26)15-7-6-10-17(13-15)28-16-8-4-3-5-9-16/h3-13,18,20,22H,2H2,1H3. The van der Waals surface area contributed by atoms with Crippen molar-refractivity contribution in [2.45, 2.75) is 31.8 Å². The van der Waals surface area contributed by atoms with Gasteiger partial charge in [-0.25, -0.2) is 8.78 Å². The first kappa shape index (κ1) is 21.5. The molecule has 2 unspecified atom stereocenters. The highest BCUT2D eigenvalue weighted by Gasteiger charge is 2.29. The Morgan fingerprint density at radius 3 is 2.50 bits per heavy atom. The van der Waals surface area contributed by atoms with Gasteiger partial charge in [0.25, 0.3) is 6.43 Å². The summed E-state index contributed by atoms with van der Waals surface area (Å²) in [6.07, 6.45) is -3.57. The van der Waals surface area contributed by atoms with Gasteiger partial charge in [0.15, 0.2) is 0 Å². The third-order valence-electron chi connectivity index (χ3n) is 4.46. The molecular weight excluding hydrogens is 408 g/mol. The fourth-order valence-corrected chi connectivity index (χ4v) is 4.07. The van der Waals surface area contributed by atoms with Crippen LogP contribution in [-0.4, -0.2) is 5.97 Å². The maximum absolute atomic E-state index is 13.2. The molecule has 0 bridgehead atoms. The van der Waals surface area contributed by atoms with Gasteiger partial charge in [-0.3, -0.25) is 4.79 Å². The van der Waals surface area contributed by atoms with E-state index in [9.17, 15) is 18.8 Å². The fraction of sp³-hybridized carbons (Fsp3) is 0.217. The van der Waals surface area contributed by atoms with Gasteiger partial charge in [-0.2, -0.15) is 5.26 Å². The minimum Gasteiger partial charge on any atom is -0.457 e. The quantitative estimate of drug-likeness (QED) is 0.372. The van der Waals surface area contributed by atoms with Crippen LogP contribution < -0.4 is 4.74 Å². The molecular formula is C23H19F2NO3S. The van der Waals surface area contributed by atoms with E-state index in [1.54, 1.807) is 43.3 Å². The first-order valence-electron chi connectivity index (χ1n) is 9.31. The molecule has 0 spiro atoms. The average molecular weight is 427 g/mol. The summed E-state index contributed by atoms with van der Waals surface area (Å²) in [5.41, 5.74) is 0.268. The molecule has 0 aliphatic carbocycles. The lowest BCUT2D eigenvalue weighted by Gasteiger charge is -2.18. The summed E-state index contributed by atoms with van der Waals surface area (Å²) >= 11 is 1.09. The third-order valence-corrected chi connectivity index (χ3v) is 5.51. The number of rotatable bonds is 8. The molecule has 1 aromatic heterocycles. The predicted octanol–water partition coefficient (Wildman–Crippen LogP) is 6.78. The highest BCUT2D eigenvalue weighted by molar-refractivity contribution is 7.10. The van der Waals surface area contributed by atoms with E-state index in [4.69, 9.17) is 9.47 Å². The van der Waals surface area contributed by atoms with Crippen molar-refractivity contribution in [3.8, 4) is 17.6 Å². The maximum Gasteiger partial charge on any atom is 0.315 e. The van der Waals surface area contributed by atoms with Gasteiger partial charge < -0.3 is 9.47 Å². The number of para-hydroxylation sites is 1. The summed E-state index contributed by atoms with van der Waals surface area (Å²) in [5.74, 6) is -0.444. The van der Waals surface area contributed by atoms with Crippen LogP contribution in [0.3, 0.4) is 0 Å². The Balaban J connectivity index is 1.77. The molecule has 3 aromatic rings. The van der Waals surface area contributed by atoms with Crippen LogP contribution >= 0.6 is 11.3 Å². The van der Waals surface area contributed by atoms with Crippen molar-refractivity contribution in [3.05, 3.63) is 82.0 Å². The number of nitriles is 1. The topological polar surface area (TPSA) is 59.3 Å². The first-order chi connectivity index (χ1) is 14.5. The monoisotopic (exact) mass is 427 g/mol. The Hall–Kier alpha value is -3.24. The molecule has 3 rings (SSSR count). The van der Waals surface area contributed by atoms with E-state index < -0.39 is 24.4 Å². The molecule has 0 N–H and O–H groups in total. The summed E-state index contributed by atoms with van der Waals surface area (Å²) in [4.78, 5) is 13.0. The largest absolute Gasteiger partial charge is 0.457 e. The van der Waals surface area contributed by atoms with Gasteiger partial charge in [0.2, 0.25) is 6.10 Å². The number of nitrogens with zero attached hydrogens (tertiary/aromatic N) is 1. The van der Waals surface area contributed by atoms with Gasteiger partial charge >= 0.3 is 5.97 Å². The Bertz CT molecular complexity index is 1030. The molecule has 2 aromatic carbocycles. The Morgan fingerprint density at radius 1 is 1.10 bits per heavy atom. The molecule has 0 amide bonds. The van der Waals surface area contributed by atoms with Crippen molar-refractivity contribution in [1.82, 2.24) is 0 Å². The number of halogens is 2. The second kappa shape index (κ2) is 9.99. The van der Waals surface area contributed by atoms with Crippen LogP contribution in [0.2, 0.25) is 0 Å². The first-order valence-corrected chi connectivity index (χ1v) is 10.2. The van der Waals surface area contributed by atoms with Crippen LogP contribution in [0.4, 0.5) is 8.78 Å². The van der Waals surface area contributed by atoms with Crippen molar-refractivity contribution in [2.75, 3.05) is 0 Å². The molecule has 0 saturated carbocycles. The molecule has 30 heavy (non-hydrogen) atoms. The number of esters is 1. The lowest BCUT2D eigenvalue weighted by molar-refractivity contribution is -0.148. The summed E-state index contributed by atoms with van der Waals surface area (Å²) in [6, 6.07) is 19.1. The Labute approximate surface area is 177 Å². The van der Waals surface area contributed by atoms with Crippen molar-refractivity contribution < 1.29 is 23.0 Å². The normalized spacial score (nSPS) is 12.8. The number of hydrogen-bond acceptors (Lipinski definition) is 5. The second-order valence-corrected chi connectivity index (χ2v) is 7.38. The van der Waals surface area contributed by atoms with Crippen molar-refractivity contribution in [1.29, 1.82) is 5.26 Å². The molecule has 1 heterocycles. The summed E-state index contributed by atoms with van der Waals surface area (Å²) < 4.78 is 37.6. The lowest BCUT2D eigenvalue weighted by Crippen LogP contribution is -2.18. The summed E-state index contributed by atoms with van der Waals surface area (Å²) in [7, 11) is 0. The van der Waals surface area contributed by atoms with Crippen LogP contribution in [-0.2, 0) is 9.53 Å². The molecule has 0 aliphatic rings. The van der Waals surface area contributed by atoms with Gasteiger partial charge in [-0.15, -0.1) is 11.3 Å². The minimum absolute atomic E-state index is 0.171.